The second-order valence-corrected chi connectivity index (χ2v) is 12.0. The molecule has 0 saturated carbocycles. The number of rotatable bonds is 11. The molecular formula is C31H43N5O3. The van der Waals surface area contributed by atoms with Crippen LogP contribution in [0.1, 0.15) is 71.8 Å². The molecule has 8 nitrogen and oxygen atoms in total. The number of alkyl carbamates (subject to hydrolysis) is 1. The minimum Gasteiger partial charge on any atom is -0.444 e. The first kappa shape index (κ1) is 29.9. The molecular weight excluding hydrogens is 490 g/mol. The van der Waals surface area contributed by atoms with E-state index in [4.69, 9.17) is 15.5 Å². The largest absolute Gasteiger partial charge is 0.444 e. The first-order chi connectivity index (χ1) is 18.3. The third-order valence-electron chi connectivity index (χ3n) is 6.21. The molecule has 8 heteroatoms. The van der Waals surface area contributed by atoms with Crippen molar-refractivity contribution in [2.45, 2.75) is 78.6 Å². The van der Waals surface area contributed by atoms with Crippen molar-refractivity contribution in [2.75, 3.05) is 6.54 Å². The van der Waals surface area contributed by atoms with Gasteiger partial charge in [0.05, 0.1) is 11.7 Å². The average molecular weight is 534 g/mol. The van der Waals surface area contributed by atoms with Gasteiger partial charge in [0.15, 0.2) is 0 Å². The monoisotopic (exact) mass is 533 g/mol. The Kier molecular flexibility index (Phi) is 9.92. The van der Waals surface area contributed by atoms with E-state index >= 15 is 0 Å². The fourth-order valence-electron chi connectivity index (χ4n) is 4.44. The highest BCUT2D eigenvalue weighted by Gasteiger charge is 2.31. The van der Waals surface area contributed by atoms with E-state index in [0.717, 1.165) is 17.1 Å². The zero-order valence-corrected chi connectivity index (χ0v) is 24.0. The summed E-state index contributed by atoms with van der Waals surface area (Å²) in [6.45, 7) is 13.1. The first-order valence-corrected chi connectivity index (χ1v) is 13.5. The lowest BCUT2D eigenvalue weighted by atomic mass is 9.86. The summed E-state index contributed by atoms with van der Waals surface area (Å²) in [4.78, 5) is 29.2. The number of amides is 2. The fraction of sp³-hybridized carbons (Fsp3) is 0.452. The van der Waals surface area contributed by atoms with Crippen molar-refractivity contribution in [3.05, 3.63) is 78.2 Å². The number of nitrogens with zero attached hydrogens (tertiary/aromatic N) is 2. The summed E-state index contributed by atoms with van der Waals surface area (Å²) in [5.74, 6) is 0.450. The van der Waals surface area contributed by atoms with Gasteiger partial charge in [0.1, 0.15) is 11.4 Å². The molecule has 0 unspecified atom stereocenters. The van der Waals surface area contributed by atoms with E-state index in [-0.39, 0.29) is 17.9 Å². The van der Waals surface area contributed by atoms with Crippen molar-refractivity contribution in [3.63, 3.8) is 0 Å². The Morgan fingerprint density at radius 2 is 1.59 bits per heavy atom. The van der Waals surface area contributed by atoms with Crippen LogP contribution in [0.4, 0.5) is 4.79 Å². The van der Waals surface area contributed by atoms with Crippen LogP contribution in [0.15, 0.2) is 66.9 Å². The molecule has 0 aliphatic carbocycles. The molecule has 0 aliphatic heterocycles. The van der Waals surface area contributed by atoms with Crippen LogP contribution in [0.25, 0.3) is 11.3 Å². The van der Waals surface area contributed by atoms with Crippen molar-refractivity contribution >= 4 is 12.0 Å². The third-order valence-corrected chi connectivity index (χ3v) is 6.21. The van der Waals surface area contributed by atoms with E-state index < -0.39 is 23.6 Å². The number of benzene rings is 2. The highest BCUT2D eigenvalue weighted by Crippen LogP contribution is 2.34. The van der Waals surface area contributed by atoms with Crippen LogP contribution in [0.5, 0.6) is 0 Å². The van der Waals surface area contributed by atoms with Crippen LogP contribution >= 0.6 is 0 Å². The highest BCUT2D eigenvalue weighted by atomic mass is 16.6. The van der Waals surface area contributed by atoms with Gasteiger partial charge in [0, 0.05) is 30.8 Å². The van der Waals surface area contributed by atoms with Crippen molar-refractivity contribution in [2.24, 2.45) is 11.1 Å². The molecule has 39 heavy (non-hydrogen) atoms. The van der Waals surface area contributed by atoms with Gasteiger partial charge in [-0.2, -0.15) is 0 Å². The molecule has 2 aromatic carbocycles. The zero-order valence-electron chi connectivity index (χ0n) is 24.0. The van der Waals surface area contributed by atoms with Gasteiger partial charge in [-0.05, 0) is 44.7 Å². The highest BCUT2D eigenvalue weighted by molar-refractivity contribution is 5.76. The number of hydrogen-bond acceptors (Lipinski definition) is 5. The smallest absolute Gasteiger partial charge is 0.407 e. The van der Waals surface area contributed by atoms with Crippen LogP contribution in [0.3, 0.4) is 0 Å². The molecule has 0 fully saturated rings. The van der Waals surface area contributed by atoms with Gasteiger partial charge >= 0.3 is 6.09 Å². The molecule has 0 saturated heterocycles. The summed E-state index contributed by atoms with van der Waals surface area (Å²) >= 11 is 0. The molecule has 2 atom stereocenters. The summed E-state index contributed by atoms with van der Waals surface area (Å²) in [6.07, 6.45) is 2.08. The van der Waals surface area contributed by atoms with Crippen molar-refractivity contribution in [3.8, 4) is 11.3 Å². The number of carbonyl (C=O) groups is 2. The predicted molar refractivity (Wildman–Crippen MR) is 155 cm³/mol. The second-order valence-electron chi connectivity index (χ2n) is 12.0. The fourth-order valence-corrected chi connectivity index (χ4v) is 4.44. The Labute approximate surface area is 232 Å². The van der Waals surface area contributed by atoms with Crippen LogP contribution in [-0.4, -0.2) is 39.7 Å². The Hall–Kier alpha value is -3.65. The molecule has 3 aromatic rings. The molecule has 3 rings (SSSR count). The standard InChI is InChI=1S/C31H43N5O3/c1-30(2,3)27(33-18-17-24(19-26(32)37)34-29(38)39-31(4,5)6)28-35-25(23-15-11-8-12-16-23)21-36(28)20-22-13-9-7-10-14-22/h7-16,21,24,27,33H,17-20H2,1-6H3,(H2,32,37)(H,34,38)/t24-,27-/m0/s1. The van der Waals surface area contributed by atoms with Gasteiger partial charge in [-0.25, -0.2) is 9.78 Å². The van der Waals surface area contributed by atoms with Crippen LogP contribution in [-0.2, 0) is 16.1 Å². The summed E-state index contributed by atoms with van der Waals surface area (Å²) < 4.78 is 7.59. The number of hydrogen-bond donors (Lipinski definition) is 3. The summed E-state index contributed by atoms with van der Waals surface area (Å²) in [7, 11) is 0. The van der Waals surface area contributed by atoms with Gasteiger partial charge in [0.25, 0.3) is 0 Å². The molecule has 0 aliphatic rings. The third kappa shape index (κ3) is 9.55. The van der Waals surface area contributed by atoms with Crippen molar-refractivity contribution in [1.82, 2.24) is 20.2 Å². The topological polar surface area (TPSA) is 111 Å². The number of nitrogens with two attached hydrogens (primary N) is 1. The number of nitrogens with one attached hydrogen (secondary N) is 2. The SMILES string of the molecule is CC(C)(C)OC(=O)N[C@@H](CCN[C@@H](c1nc(-c2ccccc2)cn1Cc1ccccc1)C(C)(C)C)CC(N)=O. The maximum absolute atomic E-state index is 12.4. The minimum atomic E-state index is -0.636. The quantitative estimate of drug-likeness (QED) is 0.304. The molecule has 1 aromatic heterocycles. The molecule has 1 heterocycles. The number of ether oxygens (including phenoxy) is 1. The number of imidazole rings is 1. The minimum absolute atomic E-state index is 0.0297. The normalized spacial score (nSPS) is 13.5. The Balaban J connectivity index is 1.84. The number of primary amides is 1. The number of carbonyl (C=O) groups excluding carboxylic acids is 2. The summed E-state index contributed by atoms with van der Waals surface area (Å²) in [6, 6.07) is 19.9. The van der Waals surface area contributed by atoms with E-state index in [1.54, 1.807) is 20.8 Å². The van der Waals surface area contributed by atoms with Crippen molar-refractivity contribution in [1.29, 1.82) is 0 Å². The maximum Gasteiger partial charge on any atom is 0.407 e. The van der Waals surface area contributed by atoms with Crippen LogP contribution < -0.4 is 16.4 Å². The summed E-state index contributed by atoms with van der Waals surface area (Å²) in [5, 5.41) is 6.47. The summed E-state index contributed by atoms with van der Waals surface area (Å²) in [5.41, 5.74) is 7.82. The lowest BCUT2D eigenvalue weighted by Crippen LogP contribution is -2.43. The first-order valence-electron chi connectivity index (χ1n) is 13.5. The second kappa shape index (κ2) is 12.9. The van der Waals surface area contributed by atoms with Gasteiger partial charge < -0.3 is 25.7 Å². The van der Waals surface area contributed by atoms with Crippen LogP contribution in [0, 0.1) is 5.41 Å². The van der Waals surface area contributed by atoms with E-state index in [0.29, 0.717) is 19.5 Å². The molecule has 210 valence electrons. The van der Waals surface area contributed by atoms with Crippen LogP contribution in [0.2, 0.25) is 0 Å². The number of aromatic nitrogens is 2. The zero-order chi connectivity index (χ0) is 28.6. The Morgan fingerprint density at radius 3 is 2.15 bits per heavy atom. The Morgan fingerprint density at radius 1 is 0.974 bits per heavy atom. The van der Waals surface area contributed by atoms with E-state index in [1.165, 1.54) is 5.56 Å². The average Bonchev–Trinajstić information content (AvgIpc) is 3.23. The molecule has 0 spiro atoms. The van der Waals surface area contributed by atoms with E-state index in [2.05, 4.69) is 66.4 Å². The molecule has 4 N–H and O–H groups in total. The van der Waals surface area contributed by atoms with Gasteiger partial charge in [-0.3, -0.25) is 4.79 Å². The molecule has 0 bridgehead atoms. The van der Waals surface area contributed by atoms with Gasteiger partial charge in [-0.1, -0.05) is 81.4 Å². The molecule has 2 amide bonds. The Bertz CT molecular complexity index is 1210. The van der Waals surface area contributed by atoms with E-state index in [1.807, 2.05) is 36.4 Å². The van der Waals surface area contributed by atoms with Gasteiger partial charge in [0.2, 0.25) is 5.91 Å². The maximum atomic E-state index is 12.4. The predicted octanol–water partition coefficient (Wildman–Crippen LogP) is 5.43. The van der Waals surface area contributed by atoms with Gasteiger partial charge in [-0.15, -0.1) is 0 Å². The molecule has 0 radical (unpaired) electrons. The van der Waals surface area contributed by atoms with E-state index in [9.17, 15) is 9.59 Å². The van der Waals surface area contributed by atoms with Crippen molar-refractivity contribution < 1.29 is 14.3 Å². The lowest BCUT2D eigenvalue weighted by molar-refractivity contribution is -0.118. The lowest BCUT2D eigenvalue weighted by Gasteiger charge is -2.32.